The molecule has 3 nitrogen and oxygen atoms in total. The van der Waals surface area contributed by atoms with Gasteiger partial charge in [0.25, 0.3) is 0 Å². The number of hydrogen-bond donors (Lipinski definition) is 1. The fraction of sp³-hybridized carbons (Fsp3) is 0.533. The van der Waals surface area contributed by atoms with Gasteiger partial charge in [0, 0.05) is 16.9 Å². The normalized spacial score (nSPS) is 15.4. The lowest BCUT2D eigenvalue weighted by molar-refractivity contribution is -0.122. The summed E-state index contributed by atoms with van der Waals surface area (Å²) in [7, 11) is 0. The second-order valence-corrected chi connectivity index (χ2v) is 5.87. The SMILES string of the molecule is O=C(CCCOc1cccc(Br)c1)NC1CCCC1. The summed E-state index contributed by atoms with van der Waals surface area (Å²) in [5.74, 6) is 0.996. The number of benzene rings is 1. The van der Waals surface area contributed by atoms with Crippen molar-refractivity contribution in [3.8, 4) is 5.75 Å². The third kappa shape index (κ3) is 5.23. The molecule has 0 aromatic heterocycles. The van der Waals surface area contributed by atoms with Gasteiger partial charge < -0.3 is 10.1 Å². The third-order valence-electron chi connectivity index (χ3n) is 3.33. The van der Waals surface area contributed by atoms with Crippen molar-refractivity contribution in [2.75, 3.05) is 6.61 Å². The van der Waals surface area contributed by atoms with Crippen LogP contribution in [0.15, 0.2) is 28.7 Å². The minimum absolute atomic E-state index is 0.157. The Labute approximate surface area is 122 Å². The number of hydrogen-bond acceptors (Lipinski definition) is 2. The minimum Gasteiger partial charge on any atom is -0.494 e. The molecule has 1 amide bonds. The first-order valence-corrected chi connectivity index (χ1v) is 7.71. The van der Waals surface area contributed by atoms with Gasteiger partial charge in [-0.25, -0.2) is 0 Å². The summed E-state index contributed by atoms with van der Waals surface area (Å²) in [6, 6.07) is 8.16. The van der Waals surface area contributed by atoms with E-state index < -0.39 is 0 Å². The van der Waals surface area contributed by atoms with Crippen LogP contribution in [0, 0.1) is 0 Å². The van der Waals surface area contributed by atoms with Gasteiger partial charge in [-0.05, 0) is 37.5 Å². The van der Waals surface area contributed by atoms with Crippen molar-refractivity contribution in [3.63, 3.8) is 0 Å². The van der Waals surface area contributed by atoms with Crippen molar-refractivity contribution in [2.45, 2.75) is 44.6 Å². The Morgan fingerprint density at radius 3 is 2.89 bits per heavy atom. The first-order chi connectivity index (χ1) is 9.24. The van der Waals surface area contributed by atoms with Crippen LogP contribution in [0.3, 0.4) is 0 Å². The Kier molecular flexibility index (Phi) is 5.70. The van der Waals surface area contributed by atoms with E-state index in [1.54, 1.807) is 0 Å². The maximum Gasteiger partial charge on any atom is 0.220 e. The highest BCUT2D eigenvalue weighted by atomic mass is 79.9. The van der Waals surface area contributed by atoms with Crippen LogP contribution in [0.25, 0.3) is 0 Å². The third-order valence-corrected chi connectivity index (χ3v) is 3.83. The van der Waals surface area contributed by atoms with Crippen LogP contribution >= 0.6 is 15.9 Å². The molecule has 0 atom stereocenters. The summed E-state index contributed by atoms with van der Waals surface area (Å²) in [4.78, 5) is 11.7. The second-order valence-electron chi connectivity index (χ2n) is 4.96. The molecular weight excluding hydrogens is 306 g/mol. The van der Waals surface area contributed by atoms with E-state index in [1.165, 1.54) is 12.8 Å². The van der Waals surface area contributed by atoms with Gasteiger partial charge in [-0.15, -0.1) is 0 Å². The number of halogens is 1. The van der Waals surface area contributed by atoms with Gasteiger partial charge in [-0.3, -0.25) is 4.79 Å². The standard InChI is InChI=1S/C15H20BrNO2/c16-12-5-3-8-14(11-12)19-10-4-9-15(18)17-13-6-1-2-7-13/h3,5,8,11,13H,1-2,4,6-7,9-10H2,(H,17,18). The molecule has 1 aromatic rings. The van der Waals surface area contributed by atoms with Crippen LogP contribution < -0.4 is 10.1 Å². The molecule has 0 radical (unpaired) electrons. The van der Waals surface area contributed by atoms with Crippen LogP contribution in [0.2, 0.25) is 0 Å². The van der Waals surface area contributed by atoms with E-state index in [9.17, 15) is 4.79 Å². The molecule has 0 unspecified atom stereocenters. The lowest BCUT2D eigenvalue weighted by Crippen LogP contribution is -2.32. The summed E-state index contributed by atoms with van der Waals surface area (Å²) in [6.07, 6.45) is 6.07. The summed E-state index contributed by atoms with van der Waals surface area (Å²) < 4.78 is 6.60. The van der Waals surface area contributed by atoms with Gasteiger partial charge in [0.2, 0.25) is 5.91 Å². The maximum atomic E-state index is 11.7. The Hall–Kier alpha value is -1.03. The van der Waals surface area contributed by atoms with Crippen molar-refractivity contribution >= 4 is 21.8 Å². The molecular formula is C15H20BrNO2. The average molecular weight is 326 g/mol. The lowest BCUT2D eigenvalue weighted by atomic mass is 10.2. The second kappa shape index (κ2) is 7.53. The summed E-state index contributed by atoms with van der Waals surface area (Å²) in [5, 5.41) is 3.08. The van der Waals surface area contributed by atoms with Crippen LogP contribution in [0.4, 0.5) is 0 Å². The average Bonchev–Trinajstić information content (AvgIpc) is 2.87. The van der Waals surface area contributed by atoms with Gasteiger partial charge in [-0.1, -0.05) is 34.8 Å². The number of ether oxygens (including phenoxy) is 1. The maximum absolute atomic E-state index is 11.7. The zero-order chi connectivity index (χ0) is 13.5. The monoisotopic (exact) mass is 325 g/mol. The van der Waals surface area contributed by atoms with Gasteiger partial charge in [-0.2, -0.15) is 0 Å². The van der Waals surface area contributed by atoms with Crippen molar-refractivity contribution < 1.29 is 9.53 Å². The number of amides is 1. The molecule has 2 rings (SSSR count). The molecule has 1 aliphatic carbocycles. The lowest BCUT2D eigenvalue weighted by Gasteiger charge is -2.12. The minimum atomic E-state index is 0.157. The predicted molar refractivity (Wildman–Crippen MR) is 79.3 cm³/mol. The van der Waals surface area contributed by atoms with E-state index in [4.69, 9.17) is 4.74 Å². The Morgan fingerprint density at radius 2 is 2.16 bits per heavy atom. The molecule has 1 fully saturated rings. The van der Waals surface area contributed by atoms with Crippen LogP contribution in [-0.2, 0) is 4.79 Å². The van der Waals surface area contributed by atoms with E-state index in [0.29, 0.717) is 19.1 Å². The smallest absolute Gasteiger partial charge is 0.220 e. The molecule has 1 aliphatic rings. The summed E-state index contributed by atoms with van der Waals surface area (Å²) in [6.45, 7) is 0.578. The molecule has 19 heavy (non-hydrogen) atoms. The molecule has 1 saturated carbocycles. The molecule has 0 aliphatic heterocycles. The Morgan fingerprint density at radius 1 is 1.37 bits per heavy atom. The van der Waals surface area contributed by atoms with E-state index in [2.05, 4.69) is 21.2 Å². The number of carbonyl (C=O) groups excluding carboxylic acids is 1. The zero-order valence-corrected chi connectivity index (χ0v) is 12.6. The number of rotatable bonds is 6. The van der Waals surface area contributed by atoms with Gasteiger partial charge in [0.05, 0.1) is 6.61 Å². The quantitative estimate of drug-likeness (QED) is 0.810. The number of nitrogens with one attached hydrogen (secondary N) is 1. The predicted octanol–water partition coefficient (Wildman–Crippen LogP) is 3.67. The van der Waals surface area contributed by atoms with Gasteiger partial charge in [0.15, 0.2) is 0 Å². The fourth-order valence-corrected chi connectivity index (χ4v) is 2.73. The van der Waals surface area contributed by atoms with Gasteiger partial charge in [0.1, 0.15) is 5.75 Å². The molecule has 4 heteroatoms. The topological polar surface area (TPSA) is 38.3 Å². The van der Waals surface area contributed by atoms with Crippen molar-refractivity contribution in [1.82, 2.24) is 5.32 Å². The highest BCUT2D eigenvalue weighted by molar-refractivity contribution is 9.10. The highest BCUT2D eigenvalue weighted by Crippen LogP contribution is 2.19. The zero-order valence-electron chi connectivity index (χ0n) is 11.0. The van der Waals surface area contributed by atoms with Crippen molar-refractivity contribution in [3.05, 3.63) is 28.7 Å². The first kappa shape index (κ1) is 14.4. The summed E-state index contributed by atoms with van der Waals surface area (Å²) in [5.41, 5.74) is 0. The van der Waals surface area contributed by atoms with Crippen LogP contribution in [0.5, 0.6) is 5.75 Å². The fourth-order valence-electron chi connectivity index (χ4n) is 2.35. The van der Waals surface area contributed by atoms with Crippen LogP contribution in [-0.4, -0.2) is 18.6 Å². The van der Waals surface area contributed by atoms with E-state index >= 15 is 0 Å². The molecule has 0 saturated heterocycles. The molecule has 0 bridgehead atoms. The van der Waals surface area contributed by atoms with E-state index in [-0.39, 0.29) is 5.91 Å². The van der Waals surface area contributed by atoms with Crippen molar-refractivity contribution in [1.29, 1.82) is 0 Å². The molecule has 0 heterocycles. The Balaban J connectivity index is 1.59. The van der Waals surface area contributed by atoms with E-state index in [1.807, 2.05) is 24.3 Å². The summed E-state index contributed by atoms with van der Waals surface area (Å²) >= 11 is 3.40. The highest BCUT2D eigenvalue weighted by Gasteiger charge is 2.16. The van der Waals surface area contributed by atoms with Crippen LogP contribution in [0.1, 0.15) is 38.5 Å². The molecule has 1 aromatic carbocycles. The number of carbonyl (C=O) groups is 1. The van der Waals surface area contributed by atoms with Crippen molar-refractivity contribution in [2.24, 2.45) is 0 Å². The Bertz CT molecular complexity index is 416. The molecule has 104 valence electrons. The van der Waals surface area contributed by atoms with Gasteiger partial charge >= 0.3 is 0 Å². The first-order valence-electron chi connectivity index (χ1n) is 6.92. The molecule has 1 N–H and O–H groups in total. The largest absolute Gasteiger partial charge is 0.494 e. The van der Waals surface area contributed by atoms with E-state index in [0.717, 1.165) is 29.5 Å². The molecule has 0 spiro atoms.